The first-order chi connectivity index (χ1) is 20.2. The van der Waals surface area contributed by atoms with Gasteiger partial charge in [-0.3, -0.25) is 28.8 Å². The zero-order chi connectivity index (χ0) is 32.6. The van der Waals surface area contributed by atoms with Crippen LogP contribution in [0.25, 0.3) is 0 Å². The second-order valence-corrected chi connectivity index (χ2v) is 11.9. The summed E-state index contributed by atoms with van der Waals surface area (Å²) >= 11 is 0. The minimum atomic E-state index is -1.48. The fraction of sp³-hybridized carbons (Fsp3) is 0.793. The van der Waals surface area contributed by atoms with Crippen molar-refractivity contribution in [3.05, 3.63) is 0 Å². The van der Waals surface area contributed by atoms with E-state index in [0.29, 0.717) is 19.3 Å². The smallest absolute Gasteiger partial charge is 0.308 e. The highest BCUT2D eigenvalue weighted by Crippen LogP contribution is 2.23. The molecule has 0 aliphatic carbocycles. The van der Waals surface area contributed by atoms with Crippen LogP contribution in [0.15, 0.2) is 0 Å². The minimum absolute atomic E-state index is 0.148. The van der Waals surface area contributed by atoms with E-state index in [4.69, 9.17) is 4.74 Å². The topological polar surface area (TPSA) is 186 Å². The summed E-state index contributed by atoms with van der Waals surface area (Å²) in [6.07, 6.45) is -2.21. The second kappa shape index (κ2) is 16.0. The van der Waals surface area contributed by atoms with Crippen molar-refractivity contribution in [2.45, 2.75) is 103 Å². The number of likely N-dealkylation sites (N-methyl/N-ethyl adjacent to an activating group) is 2. The molecule has 2 aliphatic rings. The van der Waals surface area contributed by atoms with Crippen molar-refractivity contribution in [2.75, 3.05) is 33.8 Å². The molecule has 2 rings (SSSR count). The van der Waals surface area contributed by atoms with Crippen LogP contribution in [0.4, 0.5) is 0 Å². The van der Waals surface area contributed by atoms with Crippen LogP contribution in [0, 0.1) is 11.8 Å². The lowest BCUT2D eigenvalue weighted by Crippen LogP contribution is -2.60. The van der Waals surface area contributed by atoms with Gasteiger partial charge in [0, 0.05) is 33.6 Å². The number of hydrogen-bond donors (Lipinski definition) is 4. The van der Waals surface area contributed by atoms with Gasteiger partial charge in [-0.05, 0) is 31.6 Å². The molecule has 4 N–H and O–H groups in total. The fourth-order valence-electron chi connectivity index (χ4n) is 5.42. The minimum Gasteiger partial charge on any atom is -0.452 e. The number of carbonyl (C=O) groups excluding carboxylic acids is 6. The van der Waals surface area contributed by atoms with E-state index in [2.05, 4.69) is 10.6 Å². The van der Waals surface area contributed by atoms with Crippen molar-refractivity contribution in [2.24, 2.45) is 11.8 Å². The van der Waals surface area contributed by atoms with E-state index >= 15 is 0 Å². The lowest BCUT2D eigenvalue weighted by molar-refractivity contribution is -0.163. The maximum absolute atomic E-state index is 13.9. The maximum atomic E-state index is 13.9. The largest absolute Gasteiger partial charge is 0.452 e. The molecular weight excluding hydrogens is 562 g/mol. The van der Waals surface area contributed by atoms with Gasteiger partial charge in [0.05, 0.1) is 19.1 Å². The van der Waals surface area contributed by atoms with Crippen LogP contribution in [0.1, 0.15) is 66.7 Å². The molecular formula is C29H49N5O9. The molecule has 0 radical (unpaired) electrons. The third-order valence-corrected chi connectivity index (χ3v) is 8.45. The fourth-order valence-corrected chi connectivity index (χ4v) is 5.42. The number of amides is 5. The Morgan fingerprint density at radius 3 is 2.21 bits per heavy atom. The maximum Gasteiger partial charge on any atom is 0.308 e. The molecule has 0 saturated carbocycles. The van der Waals surface area contributed by atoms with Gasteiger partial charge in [0.1, 0.15) is 24.2 Å². The summed E-state index contributed by atoms with van der Waals surface area (Å²) in [6, 6.07) is -3.84. The number of nitrogens with one attached hydrogen (secondary N) is 2. The van der Waals surface area contributed by atoms with Crippen molar-refractivity contribution < 1.29 is 43.7 Å². The van der Waals surface area contributed by atoms with Crippen molar-refractivity contribution in [3.63, 3.8) is 0 Å². The van der Waals surface area contributed by atoms with E-state index in [1.165, 1.54) is 35.7 Å². The molecule has 2 fully saturated rings. The number of nitrogens with zero attached hydrogens (tertiary/aromatic N) is 3. The third kappa shape index (κ3) is 8.88. The van der Waals surface area contributed by atoms with Crippen LogP contribution in [0.3, 0.4) is 0 Å². The number of ether oxygens (including phenoxy) is 1. The molecule has 244 valence electrons. The second-order valence-electron chi connectivity index (χ2n) is 11.9. The Bertz CT molecular complexity index is 1040. The van der Waals surface area contributed by atoms with E-state index < -0.39 is 84.9 Å². The number of cyclic esters (lactones) is 1. The number of rotatable bonds is 6. The lowest BCUT2D eigenvalue weighted by atomic mass is 9.94. The first-order valence-electron chi connectivity index (χ1n) is 15.1. The zero-order valence-corrected chi connectivity index (χ0v) is 26.4. The molecule has 2 saturated heterocycles. The molecule has 14 nitrogen and oxygen atoms in total. The zero-order valence-electron chi connectivity index (χ0n) is 26.4. The number of hydrogen-bond acceptors (Lipinski definition) is 9. The van der Waals surface area contributed by atoms with Gasteiger partial charge in [0.2, 0.25) is 23.6 Å². The average molecular weight is 612 g/mol. The molecule has 7 atom stereocenters. The molecule has 5 amide bonds. The van der Waals surface area contributed by atoms with E-state index in [1.54, 1.807) is 20.8 Å². The molecule has 0 aromatic heterocycles. The van der Waals surface area contributed by atoms with Crippen LogP contribution in [-0.4, -0.2) is 131 Å². The summed E-state index contributed by atoms with van der Waals surface area (Å²) in [5.74, 6) is -4.22. The number of fused-ring (bicyclic) bond motifs is 1. The van der Waals surface area contributed by atoms with Gasteiger partial charge in [-0.2, -0.15) is 0 Å². The summed E-state index contributed by atoms with van der Waals surface area (Å²) in [6.45, 7) is 8.14. The molecule has 43 heavy (non-hydrogen) atoms. The van der Waals surface area contributed by atoms with Gasteiger partial charge < -0.3 is 40.3 Å². The molecule has 0 aromatic carbocycles. The molecule has 0 aromatic rings. The Hall–Kier alpha value is -3.26. The predicted molar refractivity (Wildman–Crippen MR) is 155 cm³/mol. The Morgan fingerprint density at radius 2 is 1.63 bits per heavy atom. The van der Waals surface area contributed by atoms with E-state index in [0.717, 1.165) is 0 Å². The van der Waals surface area contributed by atoms with E-state index in [9.17, 15) is 39.0 Å². The Balaban J connectivity index is 2.54. The molecule has 0 bridgehead atoms. The van der Waals surface area contributed by atoms with Crippen LogP contribution in [0.5, 0.6) is 0 Å². The van der Waals surface area contributed by atoms with Crippen molar-refractivity contribution in [1.82, 2.24) is 25.3 Å². The molecule has 0 unspecified atom stereocenters. The van der Waals surface area contributed by atoms with Gasteiger partial charge in [0.15, 0.2) is 6.10 Å². The monoisotopic (exact) mass is 611 g/mol. The third-order valence-electron chi connectivity index (χ3n) is 8.45. The molecule has 2 aliphatic heterocycles. The van der Waals surface area contributed by atoms with Crippen LogP contribution >= 0.6 is 0 Å². The summed E-state index contributed by atoms with van der Waals surface area (Å²) in [4.78, 5) is 84.1. The number of esters is 1. The van der Waals surface area contributed by atoms with Gasteiger partial charge in [0.25, 0.3) is 5.91 Å². The summed E-state index contributed by atoms with van der Waals surface area (Å²) in [5, 5.41) is 24.8. The van der Waals surface area contributed by atoms with Gasteiger partial charge in [-0.1, -0.05) is 34.1 Å². The quantitative estimate of drug-likeness (QED) is 0.274. The van der Waals surface area contributed by atoms with Gasteiger partial charge in [-0.15, -0.1) is 0 Å². The summed E-state index contributed by atoms with van der Waals surface area (Å²) < 4.78 is 5.38. The number of carbonyl (C=O) groups is 6. The van der Waals surface area contributed by atoms with Crippen molar-refractivity contribution in [3.8, 4) is 0 Å². The van der Waals surface area contributed by atoms with Crippen LogP contribution in [0.2, 0.25) is 0 Å². The lowest BCUT2D eigenvalue weighted by Gasteiger charge is -2.38. The molecule has 14 heteroatoms. The number of aliphatic hydroxyl groups is 2. The van der Waals surface area contributed by atoms with Crippen LogP contribution in [-0.2, 0) is 33.5 Å². The van der Waals surface area contributed by atoms with E-state index in [-0.39, 0.29) is 31.3 Å². The average Bonchev–Trinajstić information content (AvgIpc) is 3.46. The van der Waals surface area contributed by atoms with Crippen molar-refractivity contribution >= 4 is 35.5 Å². The highest BCUT2D eigenvalue weighted by molar-refractivity contribution is 5.96. The Labute approximate surface area is 253 Å². The normalized spacial score (nSPS) is 28.9. The van der Waals surface area contributed by atoms with Gasteiger partial charge >= 0.3 is 5.97 Å². The molecule has 2 heterocycles. The standard InChI is InChI=1S/C29H49N5O9/c1-8-17(4)23-28(41)33(7)24(16(2)3)29(42)32(6)18(5)25(38)30-12-11-22(37)43-21(14-19(36)15-35)27(40)34-13-9-10-20(34)26(39)31-23/h16-21,23-24,35-36H,8-15H2,1-7H3,(H,30,38)(H,31,39)/t17-,18-,19+,20-,21-,23-,24-/m0/s1. The SMILES string of the molecule is CC[C@H](C)[C@@H]1NC(=O)[C@@H]2CCCN2C(=O)[C@H](C[C@@H](O)CO)OC(=O)CCNC(=O)[C@H](C)N(C)C(=O)[C@H](C(C)C)N(C)C1=O. The first kappa shape index (κ1) is 35.9. The van der Waals surface area contributed by atoms with E-state index in [1.807, 2.05) is 6.92 Å². The highest BCUT2D eigenvalue weighted by Gasteiger charge is 2.43. The summed E-state index contributed by atoms with van der Waals surface area (Å²) in [5.41, 5.74) is 0. The Kier molecular flexibility index (Phi) is 13.4. The molecule has 0 spiro atoms. The highest BCUT2D eigenvalue weighted by atomic mass is 16.5. The number of aliphatic hydroxyl groups excluding tert-OH is 2. The Morgan fingerprint density at radius 1 is 0.977 bits per heavy atom. The first-order valence-corrected chi connectivity index (χ1v) is 15.1. The van der Waals surface area contributed by atoms with Crippen molar-refractivity contribution in [1.29, 1.82) is 0 Å². The van der Waals surface area contributed by atoms with Gasteiger partial charge in [-0.25, -0.2) is 0 Å². The predicted octanol–water partition coefficient (Wildman–Crippen LogP) is -0.987. The van der Waals surface area contributed by atoms with Crippen LogP contribution < -0.4 is 10.6 Å². The summed E-state index contributed by atoms with van der Waals surface area (Å²) in [7, 11) is 2.96.